The fraction of sp³-hybridized carbons (Fsp3) is 0.286. The Labute approximate surface area is 229 Å². The Kier molecular flexibility index (Phi) is 8.99. The molecule has 0 radical (unpaired) electrons. The molecule has 3 aromatic rings. The van der Waals surface area contributed by atoms with Gasteiger partial charge in [0.15, 0.2) is 4.80 Å². The third-order valence-electron chi connectivity index (χ3n) is 5.61. The molecule has 1 amide bonds. The van der Waals surface area contributed by atoms with Gasteiger partial charge in [0.1, 0.15) is 35.3 Å². The second kappa shape index (κ2) is 11.6. The van der Waals surface area contributed by atoms with Crippen LogP contribution in [0.3, 0.4) is 0 Å². The summed E-state index contributed by atoms with van der Waals surface area (Å²) in [5.74, 6) is -5.26. The molecule has 1 aromatic carbocycles. The normalized spacial score (nSPS) is 13.2. The van der Waals surface area contributed by atoms with Gasteiger partial charge in [-0.05, 0) is 12.1 Å². The second-order valence-corrected chi connectivity index (χ2v) is 10.3. The van der Waals surface area contributed by atoms with Crippen LogP contribution in [0.4, 0.5) is 27.8 Å². The van der Waals surface area contributed by atoms with Gasteiger partial charge < -0.3 is 15.5 Å². The fourth-order valence-electron chi connectivity index (χ4n) is 3.60. The Balaban J connectivity index is 2.15. The highest BCUT2D eigenvalue weighted by Gasteiger charge is 2.39. The molecule has 20 heteroatoms. The van der Waals surface area contributed by atoms with E-state index in [9.17, 15) is 40.9 Å². The zero-order valence-corrected chi connectivity index (χ0v) is 22.9. The lowest BCUT2D eigenvalue weighted by Crippen LogP contribution is -2.42. The highest BCUT2D eigenvalue weighted by molar-refractivity contribution is 7.46. The van der Waals surface area contributed by atoms with Crippen molar-refractivity contribution in [3.05, 3.63) is 65.9 Å². The lowest BCUT2D eigenvalue weighted by molar-refractivity contribution is -0.142. The Hall–Kier alpha value is -3.77. The maximum absolute atomic E-state index is 14.9. The summed E-state index contributed by atoms with van der Waals surface area (Å²) >= 11 is 0.545. The van der Waals surface area contributed by atoms with Crippen molar-refractivity contribution in [3.63, 3.8) is 0 Å². The number of nitrogens with zero attached hydrogens (tertiary/aromatic N) is 5. The van der Waals surface area contributed by atoms with E-state index in [2.05, 4.69) is 14.5 Å². The van der Waals surface area contributed by atoms with Crippen molar-refractivity contribution in [2.75, 3.05) is 12.8 Å². The number of nitrogen functional groups attached to an aromatic ring is 1. The number of amides is 1. The standard InChI is InChI=1S/C21H20F5N6O7PS/c1-28-11(14-17(27)30(2)20(35)31(3)18(14)34)6-13(33)29-19-32(8-39-40(36,37)38)12(7-41-19)9-4-5-10(22)15(16(9)23)21(24,25)26/h4-5,7H,6,8,27H2,1-3H3,(H2,36,37,38). The number of thiazole rings is 1. The molecule has 0 fully saturated rings. The van der Waals surface area contributed by atoms with Crippen molar-refractivity contribution < 1.29 is 45.6 Å². The lowest BCUT2D eigenvalue weighted by atomic mass is 10.1. The van der Waals surface area contributed by atoms with Gasteiger partial charge in [0.2, 0.25) is 0 Å². The van der Waals surface area contributed by atoms with Crippen molar-refractivity contribution in [3.8, 4) is 11.3 Å². The van der Waals surface area contributed by atoms with Gasteiger partial charge in [0, 0.05) is 32.1 Å². The van der Waals surface area contributed by atoms with E-state index in [0.717, 1.165) is 14.5 Å². The van der Waals surface area contributed by atoms with Crippen molar-refractivity contribution in [1.29, 1.82) is 0 Å². The van der Waals surface area contributed by atoms with Gasteiger partial charge in [-0.2, -0.15) is 18.2 Å². The third kappa shape index (κ3) is 6.59. The van der Waals surface area contributed by atoms with Crippen molar-refractivity contribution in [2.45, 2.75) is 19.3 Å². The van der Waals surface area contributed by atoms with Crippen LogP contribution in [0.15, 0.2) is 37.1 Å². The molecule has 2 heterocycles. The SMILES string of the molecule is CN=C(CC(=O)N=c1scc(-c2ccc(F)c(C(F)(F)F)c2F)n1COP(=O)(O)O)c1c(N)n(C)c(=O)n(C)c1=O. The molecular formula is C21H20F5N6O7PS. The molecular weight excluding hydrogens is 606 g/mol. The smallest absolute Gasteiger partial charge is 0.384 e. The molecule has 2 aromatic heterocycles. The number of halogens is 5. The summed E-state index contributed by atoms with van der Waals surface area (Å²) in [6.45, 7) is -1.11. The molecule has 0 bridgehead atoms. The summed E-state index contributed by atoms with van der Waals surface area (Å²) in [7, 11) is -1.53. The zero-order valence-electron chi connectivity index (χ0n) is 21.1. The molecule has 4 N–H and O–H groups in total. The quantitative estimate of drug-likeness (QED) is 0.200. The molecule has 0 saturated carbocycles. The summed E-state index contributed by atoms with van der Waals surface area (Å²) in [6.07, 6.45) is -6.11. The number of hydrogen-bond donors (Lipinski definition) is 3. The molecule has 13 nitrogen and oxygen atoms in total. The maximum Gasteiger partial charge on any atom is 0.471 e. The number of carbonyl (C=O) groups excluding carboxylic acids is 1. The minimum atomic E-state index is -5.42. The van der Waals surface area contributed by atoms with Gasteiger partial charge in [0.25, 0.3) is 11.5 Å². The van der Waals surface area contributed by atoms with Crippen LogP contribution < -0.4 is 21.8 Å². The number of benzene rings is 1. The van der Waals surface area contributed by atoms with Crippen LogP contribution in [0, 0.1) is 11.6 Å². The summed E-state index contributed by atoms with van der Waals surface area (Å²) < 4.78 is 86.6. The van der Waals surface area contributed by atoms with E-state index in [1.165, 1.54) is 21.1 Å². The van der Waals surface area contributed by atoms with Gasteiger partial charge in [-0.15, -0.1) is 11.3 Å². The van der Waals surface area contributed by atoms with Crippen LogP contribution in [0.2, 0.25) is 0 Å². The first kappa shape index (κ1) is 31.8. The Morgan fingerprint density at radius 1 is 1.17 bits per heavy atom. The minimum absolute atomic E-state index is 0.193. The number of anilines is 1. The first-order valence-corrected chi connectivity index (χ1v) is 13.3. The van der Waals surface area contributed by atoms with Crippen LogP contribution in [0.25, 0.3) is 11.3 Å². The van der Waals surface area contributed by atoms with E-state index in [4.69, 9.17) is 15.5 Å². The second-order valence-electron chi connectivity index (χ2n) is 8.18. The van der Waals surface area contributed by atoms with Gasteiger partial charge >= 0.3 is 19.7 Å². The summed E-state index contributed by atoms with van der Waals surface area (Å²) in [5, 5.41) is 1.00. The molecule has 0 aliphatic rings. The third-order valence-corrected chi connectivity index (χ3v) is 6.93. The number of hydrogen-bond acceptors (Lipinski definition) is 8. The molecule has 0 spiro atoms. The molecule has 3 rings (SSSR count). The Morgan fingerprint density at radius 2 is 1.80 bits per heavy atom. The van der Waals surface area contributed by atoms with Gasteiger partial charge in [-0.25, -0.2) is 18.1 Å². The monoisotopic (exact) mass is 626 g/mol. The van der Waals surface area contributed by atoms with Gasteiger partial charge in [-0.1, -0.05) is 0 Å². The first-order valence-electron chi connectivity index (χ1n) is 10.9. The number of aliphatic imine (C=N–C) groups is 1. The van der Waals surface area contributed by atoms with Gasteiger partial charge in [0.05, 0.1) is 17.8 Å². The Morgan fingerprint density at radius 3 is 2.37 bits per heavy atom. The van der Waals surface area contributed by atoms with E-state index >= 15 is 0 Å². The summed E-state index contributed by atoms with van der Waals surface area (Å²) in [5.41, 5.74) is 0.268. The highest BCUT2D eigenvalue weighted by atomic mass is 32.1. The van der Waals surface area contributed by atoms with E-state index < -0.39 is 77.6 Å². The predicted octanol–water partition coefficient (Wildman–Crippen LogP) is 1.50. The topological polar surface area (TPSA) is 184 Å². The van der Waals surface area contributed by atoms with Crippen LogP contribution in [-0.4, -0.2) is 42.2 Å². The molecule has 222 valence electrons. The molecule has 0 atom stereocenters. The minimum Gasteiger partial charge on any atom is -0.384 e. The van der Waals surface area contributed by atoms with Crippen molar-refractivity contribution in [1.82, 2.24) is 13.7 Å². The van der Waals surface area contributed by atoms with Crippen LogP contribution in [0.5, 0.6) is 0 Å². The molecule has 0 aliphatic heterocycles. The number of rotatable bonds is 7. The molecule has 0 unspecified atom stereocenters. The molecule has 41 heavy (non-hydrogen) atoms. The van der Waals surface area contributed by atoms with Crippen LogP contribution in [0.1, 0.15) is 17.5 Å². The fourth-order valence-corrected chi connectivity index (χ4v) is 4.77. The van der Waals surface area contributed by atoms with E-state index in [0.29, 0.717) is 28.0 Å². The largest absolute Gasteiger partial charge is 0.471 e. The number of carbonyl (C=O) groups is 1. The lowest BCUT2D eigenvalue weighted by Gasteiger charge is -2.14. The Bertz CT molecular complexity index is 1800. The first-order chi connectivity index (χ1) is 18.9. The molecule has 0 saturated heterocycles. The van der Waals surface area contributed by atoms with E-state index in [1.54, 1.807) is 0 Å². The van der Waals surface area contributed by atoms with Crippen LogP contribution >= 0.6 is 19.2 Å². The van der Waals surface area contributed by atoms with Crippen molar-refractivity contribution in [2.24, 2.45) is 24.1 Å². The number of aromatic nitrogens is 3. The number of alkyl halides is 3. The van der Waals surface area contributed by atoms with Crippen LogP contribution in [-0.2, 0) is 40.9 Å². The maximum atomic E-state index is 14.9. The number of nitrogens with two attached hydrogens (primary N) is 1. The molecule has 0 aliphatic carbocycles. The highest BCUT2D eigenvalue weighted by Crippen LogP contribution is 2.39. The summed E-state index contributed by atoms with van der Waals surface area (Å²) in [6, 6.07) is 0.999. The number of phosphoric acid groups is 1. The van der Waals surface area contributed by atoms with Crippen molar-refractivity contribution >= 4 is 36.6 Å². The average Bonchev–Trinajstić information content (AvgIpc) is 3.25. The van der Waals surface area contributed by atoms with Gasteiger partial charge in [-0.3, -0.25) is 32.8 Å². The van der Waals surface area contributed by atoms with E-state index in [1.807, 2.05) is 0 Å². The average molecular weight is 626 g/mol. The zero-order chi connectivity index (χ0) is 31.0. The number of phosphoric ester groups is 1. The van der Waals surface area contributed by atoms with E-state index in [-0.39, 0.29) is 17.1 Å². The predicted molar refractivity (Wildman–Crippen MR) is 135 cm³/mol. The summed E-state index contributed by atoms with van der Waals surface area (Å²) in [4.78, 5) is 63.0.